The Hall–Kier alpha value is -1.44. The Kier molecular flexibility index (Phi) is 5.11. The van der Waals surface area contributed by atoms with Gasteiger partial charge in [0.1, 0.15) is 0 Å². The zero-order valence-corrected chi connectivity index (χ0v) is 11.9. The summed E-state index contributed by atoms with van der Waals surface area (Å²) in [6, 6.07) is 1.88. The lowest BCUT2D eigenvalue weighted by Gasteiger charge is -2.31. The number of carbonyl (C=O) groups excluding carboxylic acids is 2. The van der Waals surface area contributed by atoms with Crippen molar-refractivity contribution in [3.05, 3.63) is 22.4 Å². The number of hydrogen-bond acceptors (Lipinski definition) is 5. The minimum Gasteiger partial charge on any atom is -0.388 e. The third kappa shape index (κ3) is 4.29. The molecular formula is C13H18N2O4S. The predicted octanol–water partition coefficient (Wildman–Crippen LogP) is 0.0220. The van der Waals surface area contributed by atoms with Crippen LogP contribution in [0, 0.1) is 0 Å². The molecule has 6 nitrogen and oxygen atoms in total. The summed E-state index contributed by atoms with van der Waals surface area (Å²) in [6.45, 7) is 1.34. The van der Waals surface area contributed by atoms with Crippen LogP contribution in [0.4, 0.5) is 0 Å². The van der Waals surface area contributed by atoms with E-state index in [1.807, 2.05) is 16.8 Å². The minimum atomic E-state index is -0.971. The van der Waals surface area contributed by atoms with Gasteiger partial charge in [-0.05, 0) is 22.4 Å². The van der Waals surface area contributed by atoms with Gasteiger partial charge < -0.3 is 20.5 Å². The van der Waals surface area contributed by atoms with Crippen LogP contribution in [-0.4, -0.2) is 42.3 Å². The highest BCUT2D eigenvalue weighted by atomic mass is 32.1. The molecule has 0 atom stereocenters. The Balaban J connectivity index is 1.72. The van der Waals surface area contributed by atoms with Crippen LogP contribution in [0.3, 0.4) is 0 Å². The van der Waals surface area contributed by atoms with E-state index < -0.39 is 17.4 Å². The van der Waals surface area contributed by atoms with Crippen LogP contribution in [0.5, 0.6) is 0 Å². The van der Waals surface area contributed by atoms with E-state index in [-0.39, 0.29) is 6.54 Å². The third-order valence-electron chi connectivity index (χ3n) is 3.24. The SMILES string of the molecule is O=C(NCc1ccsc1)C(=O)NCC1(O)CCOCC1. The number of aliphatic hydroxyl groups is 1. The summed E-state index contributed by atoms with van der Waals surface area (Å²) in [7, 11) is 0. The van der Waals surface area contributed by atoms with E-state index >= 15 is 0 Å². The summed E-state index contributed by atoms with van der Waals surface area (Å²) in [6.07, 6.45) is 0.924. The van der Waals surface area contributed by atoms with Crippen LogP contribution in [0.25, 0.3) is 0 Å². The van der Waals surface area contributed by atoms with Gasteiger partial charge in [-0.2, -0.15) is 11.3 Å². The van der Waals surface area contributed by atoms with Crippen molar-refractivity contribution in [2.24, 2.45) is 0 Å². The summed E-state index contributed by atoms with van der Waals surface area (Å²) in [4.78, 5) is 23.2. The number of amides is 2. The maximum absolute atomic E-state index is 11.6. The van der Waals surface area contributed by atoms with Gasteiger partial charge >= 0.3 is 11.8 Å². The number of carbonyl (C=O) groups is 2. The van der Waals surface area contributed by atoms with Crippen molar-refractivity contribution >= 4 is 23.2 Å². The molecule has 2 rings (SSSR count). The van der Waals surface area contributed by atoms with Crippen molar-refractivity contribution in [3.8, 4) is 0 Å². The maximum Gasteiger partial charge on any atom is 0.309 e. The molecule has 0 bridgehead atoms. The van der Waals surface area contributed by atoms with Crippen molar-refractivity contribution in [1.29, 1.82) is 0 Å². The van der Waals surface area contributed by atoms with Crippen LogP contribution >= 0.6 is 11.3 Å². The van der Waals surface area contributed by atoms with Gasteiger partial charge in [0.25, 0.3) is 0 Å². The quantitative estimate of drug-likeness (QED) is 0.684. The molecule has 7 heteroatoms. The number of thiophene rings is 1. The molecule has 0 aliphatic carbocycles. The molecule has 1 aliphatic heterocycles. The Morgan fingerprint density at radius 1 is 1.30 bits per heavy atom. The molecule has 0 unspecified atom stereocenters. The van der Waals surface area contributed by atoms with E-state index in [0.29, 0.717) is 32.6 Å². The first-order valence-electron chi connectivity index (χ1n) is 6.46. The number of hydrogen-bond donors (Lipinski definition) is 3. The molecule has 1 aliphatic rings. The van der Waals surface area contributed by atoms with Gasteiger partial charge in [-0.15, -0.1) is 0 Å². The molecule has 3 N–H and O–H groups in total. The summed E-state index contributed by atoms with van der Waals surface area (Å²) in [5, 5.41) is 19.0. The second kappa shape index (κ2) is 6.83. The average Bonchev–Trinajstić information content (AvgIpc) is 2.96. The monoisotopic (exact) mass is 298 g/mol. The Morgan fingerprint density at radius 2 is 2.00 bits per heavy atom. The first-order valence-corrected chi connectivity index (χ1v) is 7.41. The highest BCUT2D eigenvalue weighted by Crippen LogP contribution is 2.19. The molecule has 0 saturated carbocycles. The van der Waals surface area contributed by atoms with E-state index in [1.54, 1.807) is 0 Å². The van der Waals surface area contributed by atoms with Gasteiger partial charge in [0.2, 0.25) is 0 Å². The van der Waals surface area contributed by atoms with Gasteiger partial charge in [0.15, 0.2) is 0 Å². The summed E-state index contributed by atoms with van der Waals surface area (Å²) in [5.41, 5.74) is -0.0131. The second-order valence-corrected chi connectivity index (χ2v) is 5.61. The molecule has 1 aromatic rings. The smallest absolute Gasteiger partial charge is 0.309 e. The largest absolute Gasteiger partial charge is 0.388 e. The van der Waals surface area contributed by atoms with E-state index in [4.69, 9.17) is 4.74 Å². The number of ether oxygens (including phenoxy) is 1. The second-order valence-electron chi connectivity index (χ2n) is 4.83. The van der Waals surface area contributed by atoms with Gasteiger partial charge in [0, 0.05) is 39.1 Å². The zero-order chi connectivity index (χ0) is 14.4. The van der Waals surface area contributed by atoms with E-state index in [2.05, 4.69) is 10.6 Å². The first-order chi connectivity index (χ1) is 9.59. The molecule has 2 amide bonds. The Morgan fingerprint density at radius 3 is 2.65 bits per heavy atom. The third-order valence-corrected chi connectivity index (χ3v) is 3.97. The fourth-order valence-corrected chi connectivity index (χ4v) is 2.58. The average molecular weight is 298 g/mol. The van der Waals surface area contributed by atoms with Gasteiger partial charge in [-0.25, -0.2) is 0 Å². The summed E-state index contributed by atoms with van der Waals surface area (Å²) in [5.74, 6) is -1.41. The van der Waals surface area contributed by atoms with Crippen LogP contribution in [0.15, 0.2) is 16.8 Å². The highest BCUT2D eigenvalue weighted by molar-refractivity contribution is 7.07. The normalized spacial score (nSPS) is 17.4. The molecule has 20 heavy (non-hydrogen) atoms. The molecule has 110 valence electrons. The van der Waals surface area contributed by atoms with Crippen LogP contribution < -0.4 is 10.6 Å². The molecule has 0 aromatic carbocycles. The van der Waals surface area contributed by atoms with E-state index in [0.717, 1.165) is 5.56 Å². The van der Waals surface area contributed by atoms with Crippen molar-refractivity contribution in [2.45, 2.75) is 25.0 Å². The fraction of sp³-hybridized carbons (Fsp3) is 0.538. The minimum absolute atomic E-state index is 0.0705. The maximum atomic E-state index is 11.6. The molecular weight excluding hydrogens is 280 g/mol. The van der Waals surface area contributed by atoms with E-state index in [9.17, 15) is 14.7 Å². The van der Waals surface area contributed by atoms with Crippen molar-refractivity contribution < 1.29 is 19.4 Å². The lowest BCUT2D eigenvalue weighted by Crippen LogP contribution is -2.49. The van der Waals surface area contributed by atoms with Gasteiger partial charge in [-0.3, -0.25) is 9.59 Å². The number of nitrogens with one attached hydrogen (secondary N) is 2. The molecule has 0 radical (unpaired) electrons. The molecule has 0 spiro atoms. The lowest BCUT2D eigenvalue weighted by atomic mass is 9.94. The predicted molar refractivity (Wildman–Crippen MR) is 74.2 cm³/mol. The standard InChI is InChI=1S/C13H18N2O4S/c16-11(14-7-10-1-6-20-8-10)12(17)15-9-13(18)2-4-19-5-3-13/h1,6,8,18H,2-5,7,9H2,(H,14,16)(H,15,17). The topological polar surface area (TPSA) is 87.7 Å². The van der Waals surface area contributed by atoms with Crippen LogP contribution in [-0.2, 0) is 20.9 Å². The summed E-state index contributed by atoms with van der Waals surface area (Å²) < 4.78 is 5.15. The molecule has 1 fully saturated rings. The molecule has 1 saturated heterocycles. The highest BCUT2D eigenvalue weighted by Gasteiger charge is 2.30. The lowest BCUT2D eigenvalue weighted by molar-refractivity contribution is -0.140. The first kappa shape index (κ1) is 15.0. The number of rotatable bonds is 4. The van der Waals surface area contributed by atoms with Gasteiger partial charge in [0.05, 0.1) is 5.60 Å². The Bertz CT molecular complexity index is 455. The molecule has 2 heterocycles. The van der Waals surface area contributed by atoms with Crippen molar-refractivity contribution in [1.82, 2.24) is 10.6 Å². The van der Waals surface area contributed by atoms with Crippen molar-refractivity contribution in [2.75, 3.05) is 19.8 Å². The van der Waals surface area contributed by atoms with E-state index in [1.165, 1.54) is 11.3 Å². The van der Waals surface area contributed by atoms with Crippen LogP contribution in [0.2, 0.25) is 0 Å². The summed E-state index contributed by atoms with van der Waals surface area (Å²) >= 11 is 1.53. The van der Waals surface area contributed by atoms with Crippen LogP contribution in [0.1, 0.15) is 18.4 Å². The van der Waals surface area contributed by atoms with Crippen molar-refractivity contribution in [3.63, 3.8) is 0 Å². The Labute approximate surface area is 121 Å². The zero-order valence-electron chi connectivity index (χ0n) is 11.1. The molecule has 1 aromatic heterocycles. The fourth-order valence-electron chi connectivity index (χ4n) is 1.91. The van der Waals surface area contributed by atoms with Gasteiger partial charge in [-0.1, -0.05) is 0 Å².